The molecule has 5 aromatic carbocycles. The summed E-state index contributed by atoms with van der Waals surface area (Å²) in [5.74, 6) is -6.79. The van der Waals surface area contributed by atoms with Gasteiger partial charge < -0.3 is 58.4 Å². The monoisotopic (exact) mass is 1510 g/mol. The number of fused-ring (bicyclic) bond motifs is 9. The molecule has 21 nitrogen and oxygen atoms in total. The van der Waals surface area contributed by atoms with Gasteiger partial charge in [0, 0.05) is 98.8 Å². The van der Waals surface area contributed by atoms with Crippen LogP contribution in [0.3, 0.4) is 0 Å². The van der Waals surface area contributed by atoms with Crippen LogP contribution in [-0.4, -0.2) is 112 Å². The van der Waals surface area contributed by atoms with Gasteiger partial charge in [0.25, 0.3) is 29.5 Å². The van der Waals surface area contributed by atoms with E-state index >= 15 is 0 Å². The van der Waals surface area contributed by atoms with E-state index in [0.717, 1.165) is 112 Å². The Balaban J connectivity index is 0.000000130. The molecule has 8 aromatic rings. The first-order valence-corrected chi connectivity index (χ1v) is 37.5. The van der Waals surface area contributed by atoms with Crippen LogP contribution < -0.4 is 36.4 Å². The number of pyridine rings is 3. The Morgan fingerprint density at radius 1 is 0.436 bits per heavy atom. The number of rotatable bonds is 15. The quantitative estimate of drug-likeness (QED) is 0.0639. The molecule has 27 heteroatoms. The van der Waals surface area contributed by atoms with Gasteiger partial charge in [-0.2, -0.15) is 0 Å². The molecule has 9 aliphatic heterocycles. The van der Waals surface area contributed by atoms with Crippen molar-refractivity contribution in [3.05, 3.63) is 261 Å². The van der Waals surface area contributed by atoms with E-state index in [-0.39, 0.29) is 143 Å². The maximum absolute atomic E-state index is 14.1. The predicted molar refractivity (Wildman–Crippen MR) is 389 cm³/mol. The number of nitrogens with zero attached hydrogens (tertiary/aromatic N) is 6. The summed E-state index contributed by atoms with van der Waals surface area (Å²) in [6.07, 6.45) is 17.0. The first-order chi connectivity index (χ1) is 53.1. The Morgan fingerprint density at radius 2 is 0.782 bits per heavy atom. The topological polar surface area (TPSA) is 250 Å². The summed E-state index contributed by atoms with van der Waals surface area (Å²) in [6.45, 7) is 4.83. The minimum Gasteiger partial charge on any atom is -0.503 e. The highest BCUT2D eigenvalue weighted by Crippen LogP contribution is 2.47. The minimum absolute atomic E-state index is 0.0104. The standard InChI is InChI=1S/C29H27F2N3O4.C24H26N2O5.C22H21F2N3O4.C8H8F2/c30-20-9-6-19(23(31)12-20)13-32-28(36)22-14-33-15-24-18-7-10-21(11-8-18)34(24)29(37)25(33)27(26(22)35)38-16-17-4-2-1-3-5-17;1-2-30-24(29)18-12-25-13-19-16-8-10-17(11-9-16)26(19)23(28)20(25)22(21(18)27)31-14-15-6-4-3-5-7-15;23-13-4-1-12(16(24)7-13)8-25-21(30)15-9-26-10-17-11-2-5-14(6-3-11)27(17)22(31)18(26)20(29)19(15)28;1-2-6-3-4-7(9)5-8(6)10/h1-6,9,12,14,18,21,24H,7-8,10-11,13,15-16H2,(H,32,36);3-7,12,16-17,19H,2,8-11,13-14H2,1H3;1,4,7,9,11,14,17,29H,2-3,5-6,8,10H2,(H,25,30);3-5H,2H2,1H3/t18?,21?,24-;16?,17?,19-;11?,14?,17-;/m111./s1. The number of hydrogen-bond acceptors (Lipinski definition) is 13. The molecule has 12 heterocycles. The number of aromatic nitrogens is 3. The number of esters is 1. The number of aryl methyl sites for hydroxylation is 1. The van der Waals surface area contributed by atoms with Gasteiger partial charge in [-0.15, -0.1) is 0 Å². The lowest BCUT2D eigenvalue weighted by molar-refractivity contribution is -0.0186. The predicted octanol–water partition coefficient (Wildman–Crippen LogP) is 11.7. The lowest BCUT2D eigenvalue weighted by Gasteiger charge is -2.54. The number of benzene rings is 5. The fourth-order valence-corrected chi connectivity index (χ4v) is 17.5. The third-order valence-electron chi connectivity index (χ3n) is 23.0. The number of halogens is 6. The second kappa shape index (κ2) is 32.1. The molecule has 3 N–H and O–H groups in total. The Labute approximate surface area is 628 Å². The van der Waals surface area contributed by atoms with E-state index < -0.39 is 74.7 Å². The van der Waals surface area contributed by atoms with E-state index in [9.17, 15) is 74.6 Å². The van der Waals surface area contributed by atoms with Gasteiger partial charge in [0.1, 0.15) is 64.8 Å². The third kappa shape index (κ3) is 15.1. The van der Waals surface area contributed by atoms with Gasteiger partial charge in [0.15, 0.2) is 34.3 Å². The van der Waals surface area contributed by atoms with Crippen molar-refractivity contribution >= 4 is 35.5 Å². The average molecular weight is 1510 g/mol. The van der Waals surface area contributed by atoms with E-state index in [1.54, 1.807) is 16.1 Å². The summed E-state index contributed by atoms with van der Waals surface area (Å²) in [4.78, 5) is 124. The molecule has 0 spiro atoms. The summed E-state index contributed by atoms with van der Waals surface area (Å²) in [7, 11) is 0. The highest BCUT2D eigenvalue weighted by molar-refractivity contribution is 6.01. The van der Waals surface area contributed by atoms with Gasteiger partial charge in [0.05, 0.1) is 24.7 Å². The van der Waals surface area contributed by atoms with E-state index in [1.807, 2.05) is 82.3 Å². The molecular formula is C83H82F6N8O13. The number of carbonyl (C=O) groups is 6. The molecule has 3 saturated carbocycles. The van der Waals surface area contributed by atoms with Gasteiger partial charge in [-0.3, -0.25) is 38.4 Å². The van der Waals surface area contributed by atoms with Crippen LogP contribution in [0.5, 0.6) is 17.2 Å². The van der Waals surface area contributed by atoms with Crippen LogP contribution in [0.15, 0.2) is 148 Å². The lowest BCUT2D eigenvalue weighted by atomic mass is 9.73. The van der Waals surface area contributed by atoms with Crippen LogP contribution in [-0.2, 0) is 57.1 Å². The summed E-state index contributed by atoms with van der Waals surface area (Å²) in [5.41, 5.74) is -0.132. The van der Waals surface area contributed by atoms with Crippen molar-refractivity contribution in [3.63, 3.8) is 0 Å². The zero-order valence-corrected chi connectivity index (χ0v) is 60.5. The van der Waals surface area contributed by atoms with Gasteiger partial charge in [-0.05, 0) is 143 Å². The highest BCUT2D eigenvalue weighted by atomic mass is 19.2. The molecule has 12 aliphatic rings. The number of amides is 5. The second-order valence-electron chi connectivity index (χ2n) is 29.4. The summed E-state index contributed by atoms with van der Waals surface area (Å²) < 4.78 is 101. The maximum atomic E-state index is 14.1. The van der Waals surface area contributed by atoms with E-state index in [1.165, 1.54) is 47.4 Å². The van der Waals surface area contributed by atoms with Crippen LogP contribution in [0.2, 0.25) is 0 Å². The van der Waals surface area contributed by atoms with Gasteiger partial charge in [0.2, 0.25) is 16.3 Å². The number of carbonyl (C=O) groups excluding carboxylic acids is 6. The summed E-state index contributed by atoms with van der Waals surface area (Å²) >= 11 is 0. The van der Waals surface area contributed by atoms with Crippen LogP contribution in [0.1, 0.15) is 181 Å². The minimum atomic E-state index is -0.947. The highest BCUT2D eigenvalue weighted by Gasteiger charge is 2.52. The molecular weight excluding hydrogens is 1430 g/mol. The SMILES string of the molecule is CCOC(=O)c1cn2c(c(OCc3ccccc3)c1=O)C(=O)N1C3CCC(CC3)[C@H]1C2.CCc1ccc(F)cc1F.O=C(NCc1ccc(F)cc1F)c1cn2c(c(O)c1=O)C(=O)N1C3CCC(CC3)[C@H]1C2.O=C(NCc1ccc(F)cc1F)c1cn2c(c(OCc3ccccc3)c1=O)C(=O)N1C3CCC(CC3)[C@H]1C2. The van der Waals surface area contributed by atoms with E-state index in [0.29, 0.717) is 55.4 Å². The van der Waals surface area contributed by atoms with Gasteiger partial charge in [-0.1, -0.05) is 85.8 Å². The van der Waals surface area contributed by atoms with Crippen molar-refractivity contribution in [3.8, 4) is 17.2 Å². The Bertz CT molecular complexity index is 5090. The Kier molecular flexibility index (Phi) is 22.1. The molecule has 0 unspecified atom stereocenters. The largest absolute Gasteiger partial charge is 0.503 e. The Morgan fingerprint density at radius 3 is 1.15 bits per heavy atom. The van der Waals surface area contributed by atoms with E-state index in [2.05, 4.69) is 10.6 Å². The van der Waals surface area contributed by atoms with Crippen molar-refractivity contribution < 1.29 is 74.4 Å². The molecule has 3 aromatic heterocycles. The zero-order valence-electron chi connectivity index (χ0n) is 60.5. The molecule has 3 aliphatic carbocycles. The molecule has 20 rings (SSSR count). The first-order valence-electron chi connectivity index (χ1n) is 37.5. The number of ether oxygens (including phenoxy) is 3. The maximum Gasteiger partial charge on any atom is 0.343 e. The van der Waals surface area contributed by atoms with Crippen molar-refractivity contribution in [1.82, 2.24) is 39.0 Å². The van der Waals surface area contributed by atoms with Crippen molar-refractivity contribution in [2.75, 3.05) is 6.61 Å². The average Bonchev–Trinajstić information content (AvgIpc) is 0.743. The van der Waals surface area contributed by atoms with Crippen LogP contribution >= 0.6 is 0 Å². The fourth-order valence-electron chi connectivity index (χ4n) is 17.5. The number of nitrogens with one attached hydrogen (secondary N) is 2. The Hall–Kier alpha value is -11.3. The van der Waals surface area contributed by atoms with Gasteiger partial charge >= 0.3 is 5.97 Å². The summed E-state index contributed by atoms with van der Waals surface area (Å²) in [6, 6.07) is 29.0. The molecule has 574 valence electrons. The summed E-state index contributed by atoms with van der Waals surface area (Å²) in [5, 5.41) is 15.5. The number of piperidine rings is 6. The normalized spacial score (nSPS) is 21.8. The van der Waals surface area contributed by atoms with Crippen LogP contribution in [0.25, 0.3) is 0 Å². The van der Waals surface area contributed by atoms with Crippen molar-refractivity contribution in [2.24, 2.45) is 17.8 Å². The fraction of sp³-hybridized carbons (Fsp3) is 0.386. The first kappa shape index (κ1) is 75.6. The van der Waals surface area contributed by atoms with E-state index in [4.69, 9.17) is 14.2 Å². The third-order valence-corrected chi connectivity index (χ3v) is 23.0. The molecule has 6 bridgehead atoms. The molecule has 3 atom stereocenters. The molecule has 9 fully saturated rings. The number of aromatic hydroxyl groups is 1. The molecule has 0 radical (unpaired) electrons. The van der Waals surface area contributed by atoms with Crippen LogP contribution in [0.4, 0.5) is 26.3 Å². The smallest absolute Gasteiger partial charge is 0.343 e. The zero-order chi connectivity index (χ0) is 77.3. The molecule has 6 saturated heterocycles. The molecule has 5 amide bonds. The van der Waals surface area contributed by atoms with Crippen molar-refractivity contribution in [1.29, 1.82) is 0 Å². The lowest BCUT2D eigenvalue weighted by Crippen LogP contribution is -2.62. The molecule has 110 heavy (non-hydrogen) atoms. The second-order valence-corrected chi connectivity index (χ2v) is 29.4. The van der Waals surface area contributed by atoms with Crippen LogP contribution in [0, 0.1) is 52.7 Å². The number of hydrogen-bond donors (Lipinski definition) is 3. The van der Waals surface area contributed by atoms with Crippen molar-refractivity contribution in [2.45, 2.75) is 180 Å². The van der Waals surface area contributed by atoms with Gasteiger partial charge in [-0.25, -0.2) is 31.1 Å².